The summed E-state index contributed by atoms with van der Waals surface area (Å²) in [4.78, 5) is 15.0. The van der Waals surface area contributed by atoms with Crippen molar-refractivity contribution < 1.29 is 17.9 Å². The number of nitrogens with zero attached hydrogens (tertiary/aromatic N) is 2. The van der Waals surface area contributed by atoms with Crippen molar-refractivity contribution in [1.29, 1.82) is 0 Å². The van der Waals surface area contributed by atoms with E-state index in [1.54, 1.807) is 4.31 Å². The molecule has 2 heterocycles. The topological polar surface area (TPSA) is 66.9 Å². The zero-order valence-electron chi connectivity index (χ0n) is 17.7. The Morgan fingerprint density at radius 3 is 1.79 bits per heavy atom. The molecule has 28 heavy (non-hydrogen) atoms. The minimum absolute atomic E-state index is 0.0174. The highest BCUT2D eigenvalue weighted by Gasteiger charge is 2.35. The lowest BCUT2D eigenvalue weighted by Gasteiger charge is -2.37. The highest BCUT2D eigenvalue weighted by Crippen LogP contribution is 2.32. The average Bonchev–Trinajstić information content (AvgIpc) is 2.71. The largest absolute Gasteiger partial charge is 0.381 e. The predicted molar refractivity (Wildman–Crippen MR) is 109 cm³/mol. The second-order valence-corrected chi connectivity index (χ2v) is 9.94. The molecular formula is C21H32N2O4S. The summed E-state index contributed by atoms with van der Waals surface area (Å²) in [6, 6.07) is 0. The molecule has 0 spiro atoms. The minimum atomic E-state index is -3.58. The van der Waals surface area contributed by atoms with E-state index >= 15 is 0 Å². The molecule has 2 saturated heterocycles. The number of hydrogen-bond acceptors (Lipinski definition) is 4. The van der Waals surface area contributed by atoms with Crippen molar-refractivity contribution in [2.75, 3.05) is 39.4 Å². The molecule has 7 heteroatoms. The van der Waals surface area contributed by atoms with Crippen molar-refractivity contribution in [3.63, 3.8) is 0 Å². The molecule has 0 aromatic heterocycles. The van der Waals surface area contributed by atoms with Crippen LogP contribution in [0.1, 0.15) is 40.7 Å². The van der Waals surface area contributed by atoms with Crippen LogP contribution in [0.3, 0.4) is 0 Å². The number of sulfonamides is 1. The molecule has 0 N–H and O–H groups in total. The van der Waals surface area contributed by atoms with Gasteiger partial charge >= 0.3 is 0 Å². The molecule has 1 aromatic rings. The Morgan fingerprint density at radius 1 is 0.821 bits per heavy atom. The number of benzene rings is 1. The normalized spacial score (nSPS) is 19.8. The summed E-state index contributed by atoms with van der Waals surface area (Å²) < 4.78 is 33.7. The SMILES string of the molecule is Cc1c(C)c(C)c(S(=O)(=O)N2CCN(C(=O)C3CCOCC3)CC2)c(C)c1C. The van der Waals surface area contributed by atoms with Crippen LogP contribution >= 0.6 is 0 Å². The first-order chi connectivity index (χ1) is 13.2. The van der Waals surface area contributed by atoms with Crippen LogP contribution < -0.4 is 0 Å². The Hall–Kier alpha value is -1.44. The first-order valence-electron chi connectivity index (χ1n) is 10.1. The predicted octanol–water partition coefficient (Wildman–Crippen LogP) is 2.49. The van der Waals surface area contributed by atoms with Gasteiger partial charge in [0.05, 0.1) is 4.90 Å². The first kappa shape index (κ1) is 21.3. The van der Waals surface area contributed by atoms with Crippen LogP contribution in [0.25, 0.3) is 0 Å². The van der Waals surface area contributed by atoms with Crippen molar-refractivity contribution in [3.05, 3.63) is 27.8 Å². The summed E-state index contributed by atoms with van der Waals surface area (Å²) >= 11 is 0. The molecule has 6 nitrogen and oxygen atoms in total. The van der Waals surface area contributed by atoms with E-state index in [-0.39, 0.29) is 11.8 Å². The zero-order chi connectivity index (χ0) is 20.6. The first-order valence-corrected chi connectivity index (χ1v) is 11.5. The van der Waals surface area contributed by atoms with Crippen molar-refractivity contribution in [2.24, 2.45) is 5.92 Å². The Kier molecular flexibility index (Phi) is 6.17. The van der Waals surface area contributed by atoms with E-state index in [1.807, 2.05) is 39.5 Å². The zero-order valence-corrected chi connectivity index (χ0v) is 18.5. The summed E-state index contributed by atoms with van der Waals surface area (Å²) in [6.07, 6.45) is 1.52. The lowest BCUT2D eigenvalue weighted by Crippen LogP contribution is -2.52. The van der Waals surface area contributed by atoms with E-state index in [4.69, 9.17) is 4.74 Å². The maximum absolute atomic E-state index is 13.4. The number of hydrogen-bond donors (Lipinski definition) is 0. The fourth-order valence-corrected chi connectivity index (χ4v) is 6.32. The van der Waals surface area contributed by atoms with Gasteiger partial charge in [-0.05, 0) is 75.3 Å². The quantitative estimate of drug-likeness (QED) is 0.771. The van der Waals surface area contributed by atoms with Crippen LogP contribution in [0.2, 0.25) is 0 Å². The van der Waals surface area contributed by atoms with E-state index in [9.17, 15) is 13.2 Å². The standard InChI is InChI=1S/C21H32N2O4S/c1-14-15(2)17(4)20(18(5)16(14)3)28(25,26)23-10-8-22(9-11-23)21(24)19-6-12-27-13-7-19/h19H,6-13H2,1-5H3. The number of piperazine rings is 1. The van der Waals surface area contributed by atoms with Gasteiger partial charge in [0.1, 0.15) is 0 Å². The minimum Gasteiger partial charge on any atom is -0.381 e. The maximum atomic E-state index is 13.4. The van der Waals surface area contributed by atoms with E-state index < -0.39 is 10.0 Å². The van der Waals surface area contributed by atoms with Crippen LogP contribution in [0.15, 0.2) is 4.90 Å². The average molecular weight is 409 g/mol. The van der Waals surface area contributed by atoms with Gasteiger partial charge in [-0.15, -0.1) is 0 Å². The molecule has 0 radical (unpaired) electrons. The summed E-state index contributed by atoms with van der Waals surface area (Å²) in [5.41, 5.74) is 4.90. The van der Waals surface area contributed by atoms with Gasteiger partial charge in [-0.25, -0.2) is 8.42 Å². The van der Waals surface area contributed by atoms with Crippen LogP contribution in [-0.4, -0.2) is 62.9 Å². The molecule has 2 fully saturated rings. The van der Waals surface area contributed by atoms with Crippen molar-refractivity contribution in [2.45, 2.75) is 52.4 Å². The number of amides is 1. The third kappa shape index (κ3) is 3.72. The van der Waals surface area contributed by atoms with E-state index in [2.05, 4.69) is 0 Å². The van der Waals surface area contributed by atoms with Crippen LogP contribution in [0, 0.1) is 40.5 Å². The summed E-state index contributed by atoms with van der Waals surface area (Å²) in [7, 11) is -3.58. The highest BCUT2D eigenvalue weighted by atomic mass is 32.2. The Bertz CT molecular complexity index is 836. The van der Waals surface area contributed by atoms with E-state index in [1.165, 1.54) is 0 Å². The molecule has 3 rings (SSSR count). The van der Waals surface area contributed by atoms with E-state index in [0.29, 0.717) is 44.3 Å². The molecule has 0 aliphatic carbocycles. The Morgan fingerprint density at radius 2 is 1.29 bits per heavy atom. The third-order valence-electron chi connectivity index (χ3n) is 6.65. The van der Waals surface area contributed by atoms with Crippen LogP contribution in [-0.2, 0) is 19.6 Å². The van der Waals surface area contributed by atoms with Gasteiger partial charge < -0.3 is 9.64 Å². The van der Waals surface area contributed by atoms with Gasteiger partial charge in [-0.1, -0.05) is 0 Å². The van der Waals surface area contributed by atoms with Gasteiger partial charge in [0.15, 0.2) is 0 Å². The second-order valence-electron chi connectivity index (χ2n) is 8.07. The van der Waals surface area contributed by atoms with Gasteiger partial charge in [0, 0.05) is 45.3 Å². The maximum Gasteiger partial charge on any atom is 0.243 e. The molecule has 2 aliphatic heterocycles. The fourth-order valence-electron chi connectivity index (χ4n) is 4.33. The van der Waals surface area contributed by atoms with Gasteiger partial charge in [0.2, 0.25) is 15.9 Å². The lowest BCUT2D eigenvalue weighted by molar-refractivity contribution is -0.139. The van der Waals surface area contributed by atoms with Crippen LogP contribution in [0.5, 0.6) is 0 Å². The molecule has 0 saturated carbocycles. The van der Waals surface area contributed by atoms with Gasteiger partial charge in [0.25, 0.3) is 0 Å². The van der Waals surface area contributed by atoms with Crippen molar-refractivity contribution in [3.8, 4) is 0 Å². The number of carbonyl (C=O) groups is 1. The molecular weight excluding hydrogens is 376 g/mol. The number of ether oxygens (including phenoxy) is 1. The molecule has 0 unspecified atom stereocenters. The number of carbonyl (C=O) groups excluding carboxylic acids is 1. The Balaban J connectivity index is 1.78. The summed E-state index contributed by atoms with van der Waals surface area (Å²) in [6.45, 7) is 12.7. The smallest absolute Gasteiger partial charge is 0.243 e. The van der Waals surface area contributed by atoms with Gasteiger partial charge in [-0.3, -0.25) is 4.79 Å². The monoisotopic (exact) mass is 408 g/mol. The highest BCUT2D eigenvalue weighted by molar-refractivity contribution is 7.89. The van der Waals surface area contributed by atoms with Crippen molar-refractivity contribution in [1.82, 2.24) is 9.21 Å². The summed E-state index contributed by atoms with van der Waals surface area (Å²) in [5, 5.41) is 0. The molecule has 156 valence electrons. The molecule has 0 bridgehead atoms. The van der Waals surface area contributed by atoms with Crippen molar-refractivity contribution >= 4 is 15.9 Å². The van der Waals surface area contributed by atoms with E-state index in [0.717, 1.165) is 40.7 Å². The molecule has 1 amide bonds. The fraction of sp³-hybridized carbons (Fsp3) is 0.667. The molecule has 2 aliphatic rings. The third-order valence-corrected chi connectivity index (χ3v) is 8.82. The number of rotatable bonds is 3. The van der Waals surface area contributed by atoms with Gasteiger partial charge in [-0.2, -0.15) is 4.31 Å². The lowest BCUT2D eigenvalue weighted by atomic mass is 9.95. The molecule has 1 aromatic carbocycles. The van der Waals surface area contributed by atoms with Crippen LogP contribution in [0.4, 0.5) is 0 Å². The second kappa shape index (κ2) is 8.13. The summed E-state index contributed by atoms with van der Waals surface area (Å²) in [5.74, 6) is 0.165. The Labute approximate surface area is 168 Å². The molecule has 0 atom stereocenters.